The lowest BCUT2D eigenvalue weighted by molar-refractivity contribution is 1.14. The van der Waals surface area contributed by atoms with Gasteiger partial charge in [-0.2, -0.15) is 0 Å². The molecule has 0 amide bonds. The maximum Gasteiger partial charge on any atom is 0.119 e. The molecular formula is C9H12N2S. The van der Waals surface area contributed by atoms with E-state index < -0.39 is 0 Å². The molecule has 2 nitrogen and oxygen atoms in total. The summed E-state index contributed by atoms with van der Waals surface area (Å²) in [6, 6.07) is 3.69. The second-order valence-electron chi connectivity index (χ2n) is 2.64. The van der Waals surface area contributed by atoms with E-state index in [2.05, 4.69) is 11.6 Å². The second-order valence-corrected chi connectivity index (χ2v) is 3.61. The van der Waals surface area contributed by atoms with Gasteiger partial charge in [0.1, 0.15) is 5.03 Å². The van der Waals surface area contributed by atoms with Crippen molar-refractivity contribution in [3.63, 3.8) is 0 Å². The van der Waals surface area contributed by atoms with Crippen LogP contribution < -0.4 is 5.73 Å². The number of thioether (sulfide) groups is 1. The molecule has 0 atom stereocenters. The number of nitrogens with zero attached hydrogens (tertiary/aromatic N) is 1. The van der Waals surface area contributed by atoms with Crippen LogP contribution in [0.2, 0.25) is 0 Å². The predicted octanol–water partition coefficient (Wildman–Crippen LogP) is 2.33. The van der Waals surface area contributed by atoms with Gasteiger partial charge in [0.15, 0.2) is 0 Å². The third-order valence-corrected chi connectivity index (χ3v) is 2.51. The van der Waals surface area contributed by atoms with Crippen LogP contribution in [0.3, 0.4) is 0 Å². The summed E-state index contributed by atoms with van der Waals surface area (Å²) in [5, 5.41) is 0.889. The molecule has 1 heterocycles. The summed E-state index contributed by atoms with van der Waals surface area (Å²) in [4.78, 5) is 4.15. The minimum Gasteiger partial charge on any atom is -0.397 e. The zero-order chi connectivity index (χ0) is 8.97. The Morgan fingerprint density at radius 3 is 3.08 bits per heavy atom. The van der Waals surface area contributed by atoms with Crippen LogP contribution in [-0.2, 0) is 0 Å². The van der Waals surface area contributed by atoms with Gasteiger partial charge in [-0.1, -0.05) is 23.9 Å². The normalized spacial score (nSPS) is 9.75. The number of hydrogen-bond acceptors (Lipinski definition) is 3. The van der Waals surface area contributed by atoms with E-state index in [1.807, 2.05) is 19.1 Å². The number of nitrogens with two attached hydrogens (primary N) is 1. The zero-order valence-corrected chi connectivity index (χ0v) is 7.90. The van der Waals surface area contributed by atoms with Crippen molar-refractivity contribution in [2.45, 2.75) is 11.9 Å². The Balaban J connectivity index is 2.63. The average molecular weight is 180 g/mol. The van der Waals surface area contributed by atoms with Crippen molar-refractivity contribution in [2.24, 2.45) is 0 Å². The van der Waals surface area contributed by atoms with Crippen molar-refractivity contribution >= 4 is 17.4 Å². The summed E-state index contributed by atoms with van der Waals surface area (Å²) < 4.78 is 0. The van der Waals surface area contributed by atoms with E-state index >= 15 is 0 Å². The second kappa shape index (κ2) is 4.16. The van der Waals surface area contributed by atoms with Gasteiger partial charge in [0.05, 0.1) is 5.69 Å². The largest absolute Gasteiger partial charge is 0.397 e. The third kappa shape index (κ3) is 2.58. The Bertz CT molecular complexity index is 284. The lowest BCUT2D eigenvalue weighted by atomic mass is 10.4. The van der Waals surface area contributed by atoms with E-state index in [-0.39, 0.29) is 0 Å². The highest BCUT2D eigenvalue weighted by Crippen LogP contribution is 2.22. The van der Waals surface area contributed by atoms with Crippen LogP contribution in [0.4, 0.5) is 5.69 Å². The minimum absolute atomic E-state index is 0.740. The van der Waals surface area contributed by atoms with E-state index in [0.29, 0.717) is 0 Å². The number of hydrogen-bond donors (Lipinski definition) is 1. The van der Waals surface area contributed by atoms with Gasteiger partial charge < -0.3 is 5.73 Å². The molecule has 0 saturated carbocycles. The maximum atomic E-state index is 5.69. The van der Waals surface area contributed by atoms with Gasteiger partial charge in [0.25, 0.3) is 0 Å². The van der Waals surface area contributed by atoms with Gasteiger partial charge in [0.2, 0.25) is 0 Å². The number of rotatable bonds is 3. The van der Waals surface area contributed by atoms with E-state index in [0.717, 1.165) is 22.0 Å². The highest BCUT2D eigenvalue weighted by Gasteiger charge is 1.98. The van der Waals surface area contributed by atoms with Gasteiger partial charge in [-0.05, 0) is 19.1 Å². The molecule has 2 N–H and O–H groups in total. The fourth-order valence-corrected chi connectivity index (χ4v) is 1.47. The third-order valence-electron chi connectivity index (χ3n) is 1.26. The lowest BCUT2D eigenvalue weighted by Crippen LogP contribution is -1.91. The van der Waals surface area contributed by atoms with Gasteiger partial charge in [-0.15, -0.1) is 0 Å². The zero-order valence-electron chi connectivity index (χ0n) is 7.08. The van der Waals surface area contributed by atoms with Crippen LogP contribution in [0.1, 0.15) is 6.92 Å². The van der Waals surface area contributed by atoms with Crippen molar-refractivity contribution in [1.82, 2.24) is 4.98 Å². The summed E-state index contributed by atoms with van der Waals surface area (Å²) in [7, 11) is 0. The molecule has 0 aliphatic rings. The molecule has 0 unspecified atom stereocenters. The maximum absolute atomic E-state index is 5.69. The van der Waals surface area contributed by atoms with Crippen LogP contribution in [0.5, 0.6) is 0 Å². The monoisotopic (exact) mass is 180 g/mol. The van der Waals surface area contributed by atoms with Gasteiger partial charge >= 0.3 is 0 Å². The van der Waals surface area contributed by atoms with Gasteiger partial charge in [-0.3, -0.25) is 0 Å². The van der Waals surface area contributed by atoms with Crippen molar-refractivity contribution in [3.05, 3.63) is 30.5 Å². The number of nitrogen functional groups attached to an aromatic ring is 1. The molecule has 64 valence electrons. The SMILES string of the molecule is C=C(C)CSc1ncccc1N. The fourth-order valence-electron chi connectivity index (χ4n) is 0.715. The molecule has 1 aromatic heterocycles. The minimum atomic E-state index is 0.740. The van der Waals surface area contributed by atoms with E-state index in [9.17, 15) is 0 Å². The highest BCUT2D eigenvalue weighted by molar-refractivity contribution is 7.99. The summed E-state index contributed by atoms with van der Waals surface area (Å²) in [6.07, 6.45) is 1.75. The van der Waals surface area contributed by atoms with Crippen molar-refractivity contribution in [2.75, 3.05) is 11.5 Å². The van der Waals surface area contributed by atoms with Crippen LogP contribution in [0.15, 0.2) is 35.5 Å². The van der Waals surface area contributed by atoms with Gasteiger partial charge in [-0.25, -0.2) is 4.98 Å². The van der Waals surface area contributed by atoms with Crippen molar-refractivity contribution in [1.29, 1.82) is 0 Å². The molecule has 0 aromatic carbocycles. The van der Waals surface area contributed by atoms with E-state index in [4.69, 9.17) is 5.73 Å². The molecule has 1 aromatic rings. The summed E-state index contributed by atoms with van der Waals surface area (Å²) >= 11 is 1.62. The van der Waals surface area contributed by atoms with Crippen LogP contribution in [0, 0.1) is 0 Å². The molecule has 0 aliphatic carbocycles. The first-order valence-corrected chi connectivity index (χ1v) is 4.66. The smallest absolute Gasteiger partial charge is 0.119 e. The summed E-state index contributed by atoms with van der Waals surface area (Å²) in [5.41, 5.74) is 7.56. The molecule has 0 radical (unpaired) electrons. The highest BCUT2D eigenvalue weighted by atomic mass is 32.2. The molecular weight excluding hydrogens is 168 g/mol. The quantitative estimate of drug-likeness (QED) is 0.573. The van der Waals surface area contributed by atoms with Crippen LogP contribution in [-0.4, -0.2) is 10.7 Å². The van der Waals surface area contributed by atoms with Crippen molar-refractivity contribution in [3.8, 4) is 0 Å². The molecule has 0 bridgehead atoms. The average Bonchev–Trinajstić information content (AvgIpc) is 2.03. The topological polar surface area (TPSA) is 38.9 Å². The van der Waals surface area contributed by atoms with Crippen LogP contribution in [0.25, 0.3) is 0 Å². The number of aromatic nitrogens is 1. The molecule has 0 aliphatic heterocycles. The van der Waals surface area contributed by atoms with E-state index in [1.165, 1.54) is 0 Å². The molecule has 0 saturated heterocycles. The first-order chi connectivity index (χ1) is 5.70. The molecule has 3 heteroatoms. The molecule has 0 fully saturated rings. The summed E-state index contributed by atoms with van der Waals surface area (Å²) in [5.74, 6) is 0.876. The molecule has 12 heavy (non-hydrogen) atoms. The Morgan fingerprint density at radius 2 is 2.50 bits per heavy atom. The standard InChI is InChI=1S/C9H12N2S/c1-7(2)6-12-9-8(10)4-3-5-11-9/h3-5H,1,6,10H2,2H3. The Labute approximate surface area is 76.9 Å². The lowest BCUT2D eigenvalue weighted by Gasteiger charge is -2.02. The first kappa shape index (κ1) is 9.13. The Hall–Kier alpha value is -0.960. The van der Waals surface area contributed by atoms with Gasteiger partial charge in [0, 0.05) is 11.9 Å². The molecule has 0 spiro atoms. The molecule has 1 rings (SSSR count). The Morgan fingerprint density at radius 1 is 1.75 bits per heavy atom. The summed E-state index contributed by atoms with van der Waals surface area (Å²) in [6.45, 7) is 5.80. The predicted molar refractivity (Wildman–Crippen MR) is 54.2 cm³/mol. The number of pyridine rings is 1. The first-order valence-electron chi connectivity index (χ1n) is 3.68. The number of anilines is 1. The van der Waals surface area contributed by atoms with Crippen molar-refractivity contribution < 1.29 is 0 Å². The fraction of sp³-hybridized carbons (Fsp3) is 0.222. The Kier molecular flexibility index (Phi) is 3.17. The van der Waals surface area contributed by atoms with Crippen LogP contribution >= 0.6 is 11.8 Å². The van der Waals surface area contributed by atoms with E-state index in [1.54, 1.807) is 18.0 Å².